The van der Waals surface area contributed by atoms with E-state index in [2.05, 4.69) is 5.32 Å². The van der Waals surface area contributed by atoms with E-state index in [1.54, 1.807) is 26.8 Å². The van der Waals surface area contributed by atoms with Crippen molar-refractivity contribution in [3.8, 4) is 5.75 Å². The molecule has 1 aromatic rings. The number of Topliss-reactive ketones (excluding diaryl/α,β-unsaturated/α-hetero) is 1. The van der Waals surface area contributed by atoms with Gasteiger partial charge in [-0.2, -0.15) is 0 Å². The van der Waals surface area contributed by atoms with Crippen LogP contribution in [-0.4, -0.2) is 43.2 Å². The van der Waals surface area contributed by atoms with Crippen LogP contribution in [-0.2, 0) is 4.74 Å². The van der Waals surface area contributed by atoms with Crippen molar-refractivity contribution in [2.24, 2.45) is 5.41 Å². The summed E-state index contributed by atoms with van der Waals surface area (Å²) >= 11 is 0. The molecule has 1 aliphatic carbocycles. The van der Waals surface area contributed by atoms with Gasteiger partial charge in [0.1, 0.15) is 17.0 Å². The second-order valence-electron chi connectivity index (χ2n) is 10.3. The highest BCUT2D eigenvalue weighted by atomic mass is 19.1. The quantitative estimate of drug-likeness (QED) is 0.499. The van der Waals surface area contributed by atoms with Crippen molar-refractivity contribution >= 4 is 17.6 Å². The molecule has 2 aliphatic rings. The maximum Gasteiger partial charge on any atom is 0.408 e. The number of methoxy groups -OCH3 is 1. The number of carbonyl (C=O) groups is 2. The van der Waals surface area contributed by atoms with Crippen molar-refractivity contribution in [2.75, 3.05) is 25.1 Å². The fourth-order valence-corrected chi connectivity index (χ4v) is 4.70. The van der Waals surface area contributed by atoms with Crippen LogP contribution in [0.5, 0.6) is 5.75 Å². The number of hydrogen-bond donors (Lipinski definition) is 1. The molecule has 0 bridgehead atoms. The Morgan fingerprint density at radius 1 is 1.25 bits per heavy atom. The van der Waals surface area contributed by atoms with Crippen molar-refractivity contribution in [1.82, 2.24) is 5.32 Å². The van der Waals surface area contributed by atoms with Gasteiger partial charge in [0, 0.05) is 29.6 Å². The standard InChI is InChI=1S/C25H35FN2O4/c1-9-15(2)20(29)17-12-18(26)19(21(31-8)16(17)3)28-13-24(7,25(14-28)10-11-25)27-22(30)32-23(4,5)6/h9,12H,10-11,13-14H2,1-8H3,(H,27,30)/b15-9-. The first kappa shape index (κ1) is 24.1. The van der Waals surface area contributed by atoms with Gasteiger partial charge in [0.2, 0.25) is 0 Å². The topological polar surface area (TPSA) is 67.9 Å². The number of ketones is 1. The summed E-state index contributed by atoms with van der Waals surface area (Å²) in [7, 11) is 1.49. The Bertz CT molecular complexity index is 975. The van der Waals surface area contributed by atoms with Crippen LogP contribution in [0.2, 0.25) is 0 Å². The molecule has 0 radical (unpaired) electrons. The smallest absolute Gasteiger partial charge is 0.408 e. The van der Waals surface area contributed by atoms with Gasteiger partial charge in [-0.25, -0.2) is 9.18 Å². The Morgan fingerprint density at radius 2 is 1.88 bits per heavy atom. The van der Waals surface area contributed by atoms with Crippen molar-refractivity contribution in [3.63, 3.8) is 0 Å². The largest absolute Gasteiger partial charge is 0.494 e. The molecule has 2 fully saturated rings. The molecule has 3 rings (SSSR count). The first-order chi connectivity index (χ1) is 14.8. The lowest BCUT2D eigenvalue weighted by atomic mass is 9.86. The molecule has 1 amide bonds. The van der Waals surface area contributed by atoms with Crippen LogP contribution >= 0.6 is 0 Å². The summed E-state index contributed by atoms with van der Waals surface area (Å²) in [6.45, 7) is 13.7. The van der Waals surface area contributed by atoms with E-state index in [0.29, 0.717) is 41.2 Å². The fourth-order valence-electron chi connectivity index (χ4n) is 4.70. The molecule has 1 N–H and O–H groups in total. The lowest BCUT2D eigenvalue weighted by molar-refractivity contribution is 0.0440. The monoisotopic (exact) mass is 446 g/mol. The Kier molecular flexibility index (Phi) is 6.09. The third-order valence-corrected chi connectivity index (χ3v) is 6.81. The average molecular weight is 447 g/mol. The zero-order valence-corrected chi connectivity index (χ0v) is 20.4. The minimum Gasteiger partial charge on any atom is -0.494 e. The second-order valence-corrected chi connectivity index (χ2v) is 10.3. The number of alkyl carbamates (subject to hydrolysis) is 1. The number of benzene rings is 1. The number of nitrogens with one attached hydrogen (secondary N) is 1. The first-order valence-corrected chi connectivity index (χ1v) is 11.1. The van der Waals surface area contributed by atoms with E-state index in [-0.39, 0.29) is 11.2 Å². The van der Waals surface area contributed by atoms with E-state index in [9.17, 15) is 9.59 Å². The third kappa shape index (κ3) is 4.21. The molecule has 1 aromatic carbocycles. The van der Waals surface area contributed by atoms with E-state index >= 15 is 4.39 Å². The van der Waals surface area contributed by atoms with Gasteiger partial charge in [0.05, 0.1) is 12.6 Å². The van der Waals surface area contributed by atoms with Gasteiger partial charge in [-0.1, -0.05) is 6.08 Å². The molecule has 0 aromatic heterocycles. The Labute approximate surface area is 190 Å². The maximum atomic E-state index is 15.5. The van der Waals surface area contributed by atoms with Gasteiger partial charge in [-0.3, -0.25) is 4.79 Å². The molecule has 1 aliphatic heterocycles. The highest BCUT2D eigenvalue weighted by molar-refractivity contribution is 6.10. The van der Waals surface area contributed by atoms with Crippen molar-refractivity contribution in [3.05, 3.63) is 34.7 Å². The molecule has 32 heavy (non-hydrogen) atoms. The van der Waals surface area contributed by atoms with Gasteiger partial charge in [-0.15, -0.1) is 0 Å². The molecule has 176 valence electrons. The number of anilines is 1. The van der Waals surface area contributed by atoms with Crippen LogP contribution in [0.4, 0.5) is 14.9 Å². The summed E-state index contributed by atoms with van der Waals surface area (Å²) < 4.78 is 26.6. The highest BCUT2D eigenvalue weighted by Gasteiger charge is 2.63. The molecule has 1 heterocycles. The van der Waals surface area contributed by atoms with Crippen LogP contribution in [0, 0.1) is 18.2 Å². The minimum absolute atomic E-state index is 0.148. The highest BCUT2D eigenvalue weighted by Crippen LogP contribution is 2.59. The predicted octanol–water partition coefficient (Wildman–Crippen LogP) is 5.18. The van der Waals surface area contributed by atoms with Crippen molar-refractivity contribution < 1.29 is 23.5 Å². The summed E-state index contributed by atoms with van der Waals surface area (Å²) in [4.78, 5) is 27.2. The lowest BCUT2D eigenvalue weighted by Gasteiger charge is -2.33. The maximum absolute atomic E-state index is 15.5. The van der Waals surface area contributed by atoms with Gasteiger partial charge in [0.15, 0.2) is 11.6 Å². The molecule has 1 saturated carbocycles. The number of carbonyl (C=O) groups excluding carboxylic acids is 2. The Balaban J connectivity index is 1.96. The van der Waals surface area contributed by atoms with Crippen molar-refractivity contribution in [1.29, 1.82) is 0 Å². The van der Waals surface area contributed by atoms with E-state index in [0.717, 1.165) is 12.8 Å². The summed E-state index contributed by atoms with van der Waals surface area (Å²) in [5.74, 6) is -0.364. The van der Waals surface area contributed by atoms with E-state index < -0.39 is 23.1 Å². The average Bonchev–Trinajstić information content (AvgIpc) is 3.41. The van der Waals surface area contributed by atoms with Crippen LogP contribution in [0.1, 0.15) is 70.3 Å². The second kappa shape index (κ2) is 8.09. The van der Waals surface area contributed by atoms with Crippen LogP contribution < -0.4 is 15.0 Å². The summed E-state index contributed by atoms with van der Waals surface area (Å²) in [5, 5.41) is 3.06. The number of rotatable bonds is 5. The summed E-state index contributed by atoms with van der Waals surface area (Å²) in [5.41, 5.74) is 0.467. The predicted molar refractivity (Wildman–Crippen MR) is 123 cm³/mol. The normalized spacial score (nSPS) is 22.2. The molecule has 1 atom stereocenters. The molecule has 1 unspecified atom stereocenters. The van der Waals surface area contributed by atoms with E-state index in [1.807, 2.05) is 32.6 Å². The minimum atomic E-state index is -0.602. The molecular weight excluding hydrogens is 411 g/mol. The van der Waals surface area contributed by atoms with Gasteiger partial charge in [0.25, 0.3) is 0 Å². The number of amides is 1. The fraction of sp³-hybridized carbons (Fsp3) is 0.600. The number of hydrogen-bond acceptors (Lipinski definition) is 5. The van der Waals surface area contributed by atoms with Crippen LogP contribution in [0.25, 0.3) is 0 Å². The first-order valence-electron chi connectivity index (χ1n) is 11.1. The number of halogens is 1. The molecule has 7 heteroatoms. The molecular formula is C25H35FN2O4. The van der Waals surface area contributed by atoms with Crippen molar-refractivity contribution in [2.45, 2.75) is 72.4 Å². The number of allylic oxidation sites excluding steroid dienone is 2. The van der Waals surface area contributed by atoms with E-state index in [1.165, 1.54) is 13.2 Å². The molecule has 1 saturated heterocycles. The van der Waals surface area contributed by atoms with Gasteiger partial charge < -0.3 is 19.7 Å². The lowest BCUT2D eigenvalue weighted by Crippen LogP contribution is -2.54. The van der Waals surface area contributed by atoms with Gasteiger partial charge >= 0.3 is 6.09 Å². The van der Waals surface area contributed by atoms with Crippen LogP contribution in [0.3, 0.4) is 0 Å². The zero-order valence-electron chi connectivity index (χ0n) is 20.4. The Hall–Kier alpha value is -2.57. The van der Waals surface area contributed by atoms with Crippen LogP contribution in [0.15, 0.2) is 17.7 Å². The Morgan fingerprint density at radius 3 is 2.38 bits per heavy atom. The zero-order chi connectivity index (χ0) is 24.1. The van der Waals surface area contributed by atoms with E-state index in [4.69, 9.17) is 9.47 Å². The number of nitrogens with zero attached hydrogens (tertiary/aromatic N) is 1. The molecule has 1 spiro atoms. The third-order valence-electron chi connectivity index (χ3n) is 6.81. The molecule has 6 nitrogen and oxygen atoms in total. The summed E-state index contributed by atoms with van der Waals surface area (Å²) in [6, 6.07) is 1.30. The SMILES string of the molecule is C/C=C(/C)C(=O)c1cc(F)c(N2CC3(CC3)C(C)(NC(=O)OC(C)(C)C)C2)c(OC)c1C. The summed E-state index contributed by atoms with van der Waals surface area (Å²) in [6.07, 6.45) is 3.12. The number of ether oxygens (including phenoxy) is 2. The van der Waals surface area contributed by atoms with Gasteiger partial charge in [-0.05, 0) is 72.9 Å².